The molecule has 164 valence electrons. The first-order valence-corrected chi connectivity index (χ1v) is 11.0. The van der Waals surface area contributed by atoms with Gasteiger partial charge in [0, 0.05) is 17.8 Å². The molecule has 0 radical (unpaired) electrons. The van der Waals surface area contributed by atoms with Crippen LogP contribution in [0.1, 0.15) is 10.4 Å². The SMILES string of the molecule is COc1c(Cl)c(NC(=O)c2csc3cncnc23)c(Cl)c(OC)c1Nc1ccc(Cl)cn1. The fraction of sp³-hybridized carbons (Fsp3) is 0.100. The van der Waals surface area contributed by atoms with Gasteiger partial charge in [0.05, 0.1) is 40.7 Å². The van der Waals surface area contributed by atoms with E-state index in [2.05, 4.69) is 25.6 Å². The van der Waals surface area contributed by atoms with Gasteiger partial charge in [-0.05, 0) is 12.1 Å². The van der Waals surface area contributed by atoms with Crippen LogP contribution in [-0.4, -0.2) is 35.1 Å². The van der Waals surface area contributed by atoms with Gasteiger partial charge >= 0.3 is 0 Å². The van der Waals surface area contributed by atoms with Gasteiger partial charge in [0.1, 0.15) is 27.9 Å². The lowest BCUT2D eigenvalue weighted by atomic mass is 10.2. The average Bonchev–Trinajstić information content (AvgIpc) is 3.23. The molecule has 4 aromatic rings. The van der Waals surface area contributed by atoms with E-state index in [0.717, 1.165) is 4.70 Å². The number of hydrogen-bond donors (Lipinski definition) is 2. The maximum Gasteiger partial charge on any atom is 0.258 e. The van der Waals surface area contributed by atoms with E-state index in [1.54, 1.807) is 23.7 Å². The van der Waals surface area contributed by atoms with Crippen molar-refractivity contribution >= 4 is 79.5 Å². The van der Waals surface area contributed by atoms with E-state index in [4.69, 9.17) is 44.3 Å². The third-order valence-electron chi connectivity index (χ3n) is 4.40. The summed E-state index contributed by atoms with van der Waals surface area (Å²) >= 11 is 20.4. The molecule has 0 aliphatic heterocycles. The molecule has 32 heavy (non-hydrogen) atoms. The Morgan fingerprint density at radius 1 is 1.00 bits per heavy atom. The number of pyridine rings is 1. The van der Waals surface area contributed by atoms with Crippen LogP contribution in [0, 0.1) is 0 Å². The van der Waals surface area contributed by atoms with Crippen molar-refractivity contribution in [2.24, 2.45) is 0 Å². The zero-order valence-corrected chi connectivity index (χ0v) is 19.7. The molecule has 0 unspecified atom stereocenters. The number of nitrogens with zero attached hydrogens (tertiary/aromatic N) is 3. The average molecular weight is 511 g/mol. The Labute approximate surface area is 201 Å². The van der Waals surface area contributed by atoms with Crippen LogP contribution in [0.5, 0.6) is 11.5 Å². The zero-order valence-electron chi connectivity index (χ0n) is 16.6. The van der Waals surface area contributed by atoms with Gasteiger partial charge in [0.2, 0.25) is 0 Å². The molecule has 1 amide bonds. The molecule has 0 atom stereocenters. The molecule has 0 bridgehead atoms. The normalized spacial score (nSPS) is 10.8. The second-order valence-electron chi connectivity index (χ2n) is 6.27. The van der Waals surface area contributed by atoms with E-state index >= 15 is 0 Å². The van der Waals surface area contributed by atoms with Gasteiger partial charge in [0.25, 0.3) is 5.91 Å². The van der Waals surface area contributed by atoms with E-state index in [1.807, 2.05) is 0 Å². The summed E-state index contributed by atoms with van der Waals surface area (Å²) in [5, 5.41) is 8.14. The molecule has 4 rings (SSSR count). The number of aromatic nitrogens is 3. The Balaban J connectivity index is 1.76. The molecule has 0 aliphatic rings. The van der Waals surface area contributed by atoms with Gasteiger partial charge in [-0.2, -0.15) is 0 Å². The molecule has 0 spiro atoms. The minimum Gasteiger partial charge on any atom is -0.493 e. The molecule has 2 N–H and O–H groups in total. The molecule has 0 saturated carbocycles. The van der Waals surface area contributed by atoms with Gasteiger partial charge in [-0.15, -0.1) is 11.3 Å². The van der Waals surface area contributed by atoms with E-state index < -0.39 is 5.91 Å². The first-order valence-electron chi connectivity index (χ1n) is 8.94. The molecule has 0 saturated heterocycles. The largest absolute Gasteiger partial charge is 0.493 e. The summed E-state index contributed by atoms with van der Waals surface area (Å²) in [6.45, 7) is 0. The second kappa shape index (κ2) is 9.33. The lowest BCUT2D eigenvalue weighted by molar-refractivity contribution is 0.102. The van der Waals surface area contributed by atoms with Crippen LogP contribution in [0.4, 0.5) is 17.2 Å². The third-order valence-corrected chi connectivity index (χ3v) is 6.25. The summed E-state index contributed by atoms with van der Waals surface area (Å²) in [4.78, 5) is 25.3. The topological polar surface area (TPSA) is 98.3 Å². The lowest BCUT2D eigenvalue weighted by Crippen LogP contribution is -2.13. The van der Waals surface area contributed by atoms with E-state index in [-0.39, 0.29) is 27.2 Å². The van der Waals surface area contributed by atoms with Crippen LogP contribution < -0.4 is 20.1 Å². The zero-order chi connectivity index (χ0) is 22.8. The molecular formula is C20H14Cl3N5O3S. The van der Waals surface area contributed by atoms with Crippen LogP contribution in [0.2, 0.25) is 15.1 Å². The van der Waals surface area contributed by atoms with Gasteiger partial charge in [-0.1, -0.05) is 34.8 Å². The van der Waals surface area contributed by atoms with Crippen molar-refractivity contribution in [1.29, 1.82) is 0 Å². The molecule has 0 aliphatic carbocycles. The number of nitrogens with one attached hydrogen (secondary N) is 2. The summed E-state index contributed by atoms with van der Waals surface area (Å²) in [6, 6.07) is 3.34. The summed E-state index contributed by atoms with van der Waals surface area (Å²) in [6.07, 6.45) is 4.50. The summed E-state index contributed by atoms with van der Waals surface area (Å²) in [5.74, 6) is 0.428. The van der Waals surface area contributed by atoms with Gasteiger partial charge in [-0.3, -0.25) is 4.79 Å². The van der Waals surface area contributed by atoms with Crippen molar-refractivity contribution in [2.45, 2.75) is 0 Å². The Hall–Kier alpha value is -2.85. The van der Waals surface area contributed by atoms with Crippen LogP contribution in [0.15, 0.2) is 36.2 Å². The third kappa shape index (κ3) is 4.12. The number of halogens is 3. The van der Waals surface area contributed by atoms with Crippen LogP contribution in [-0.2, 0) is 0 Å². The number of fused-ring (bicyclic) bond motifs is 1. The highest BCUT2D eigenvalue weighted by Gasteiger charge is 2.26. The van der Waals surface area contributed by atoms with E-state index in [0.29, 0.717) is 27.6 Å². The summed E-state index contributed by atoms with van der Waals surface area (Å²) in [7, 11) is 2.87. The van der Waals surface area contributed by atoms with Crippen LogP contribution >= 0.6 is 46.1 Å². The van der Waals surface area contributed by atoms with Crippen LogP contribution in [0.3, 0.4) is 0 Å². The van der Waals surface area contributed by atoms with Crippen molar-refractivity contribution in [1.82, 2.24) is 15.0 Å². The molecule has 1 aromatic carbocycles. The highest BCUT2D eigenvalue weighted by Crippen LogP contribution is 2.52. The standard InChI is InChI=1S/C20H14Cl3N5O3S/c1-30-18-13(22)16(28-20(29)10-7-32-11-6-24-8-26-15(10)11)14(23)19(31-2)17(18)27-12-4-3-9(21)5-25-12/h3-8H,1-2H3,(H,25,27)(H,28,29). The van der Waals surface area contributed by atoms with Crippen molar-refractivity contribution in [3.05, 3.63) is 56.9 Å². The summed E-state index contributed by atoms with van der Waals surface area (Å²) in [5.41, 5.74) is 1.37. The number of thiophene rings is 1. The first-order chi connectivity index (χ1) is 15.4. The Bertz CT molecular complexity index is 1280. The highest BCUT2D eigenvalue weighted by molar-refractivity contribution is 7.17. The molecule has 3 aromatic heterocycles. The second-order valence-corrected chi connectivity index (χ2v) is 8.37. The van der Waals surface area contributed by atoms with Gasteiger partial charge in [0.15, 0.2) is 11.5 Å². The fourth-order valence-corrected chi connectivity index (χ4v) is 4.60. The number of carbonyl (C=O) groups excluding carboxylic acids is 1. The minimum absolute atomic E-state index is 0.0808. The number of benzene rings is 1. The molecule has 8 nitrogen and oxygen atoms in total. The number of hydrogen-bond acceptors (Lipinski definition) is 8. The number of methoxy groups -OCH3 is 2. The number of amides is 1. The smallest absolute Gasteiger partial charge is 0.258 e. The molecule has 3 heterocycles. The molecular weight excluding hydrogens is 497 g/mol. The van der Waals surface area contributed by atoms with Gasteiger partial charge in [-0.25, -0.2) is 15.0 Å². The number of rotatable bonds is 6. The number of anilines is 3. The minimum atomic E-state index is -0.442. The van der Waals surface area contributed by atoms with E-state index in [1.165, 1.54) is 38.1 Å². The predicted molar refractivity (Wildman–Crippen MR) is 127 cm³/mol. The fourth-order valence-electron chi connectivity index (χ4n) is 2.96. The maximum absolute atomic E-state index is 13.0. The van der Waals surface area contributed by atoms with Gasteiger partial charge < -0.3 is 20.1 Å². The Kier molecular flexibility index (Phi) is 6.52. The highest BCUT2D eigenvalue weighted by atomic mass is 35.5. The molecule has 12 heteroatoms. The number of carbonyl (C=O) groups is 1. The predicted octanol–water partition coefficient (Wildman–Crippen LogP) is 6.06. The quantitative estimate of drug-likeness (QED) is 0.325. The van der Waals surface area contributed by atoms with Crippen molar-refractivity contribution in [2.75, 3.05) is 24.9 Å². The van der Waals surface area contributed by atoms with Crippen molar-refractivity contribution in [3.63, 3.8) is 0 Å². The maximum atomic E-state index is 13.0. The number of ether oxygens (including phenoxy) is 2. The first kappa shape index (κ1) is 22.3. The monoisotopic (exact) mass is 509 g/mol. The van der Waals surface area contributed by atoms with Crippen molar-refractivity contribution < 1.29 is 14.3 Å². The Morgan fingerprint density at radius 2 is 1.72 bits per heavy atom. The van der Waals surface area contributed by atoms with Crippen molar-refractivity contribution in [3.8, 4) is 11.5 Å². The van der Waals surface area contributed by atoms with E-state index in [9.17, 15) is 4.79 Å². The lowest BCUT2D eigenvalue weighted by Gasteiger charge is -2.20. The Morgan fingerprint density at radius 3 is 2.34 bits per heavy atom. The van der Waals surface area contributed by atoms with Crippen LogP contribution in [0.25, 0.3) is 10.2 Å². The summed E-state index contributed by atoms with van der Waals surface area (Å²) < 4.78 is 11.8. The molecule has 0 fully saturated rings.